The molecule has 2 N–H and O–H groups in total. The van der Waals surface area contributed by atoms with Crippen LogP contribution in [0.1, 0.15) is 24.9 Å². The van der Waals surface area contributed by atoms with E-state index in [1.54, 1.807) is 0 Å². The van der Waals surface area contributed by atoms with Crippen LogP contribution in [0.25, 0.3) is 0 Å². The minimum atomic E-state index is 0.0717. The number of hydrogen-bond acceptors (Lipinski definition) is 2. The van der Waals surface area contributed by atoms with Crippen molar-refractivity contribution < 1.29 is 0 Å². The molecule has 1 aromatic rings. The summed E-state index contributed by atoms with van der Waals surface area (Å²) in [6, 6.07) is 0.0717. The summed E-state index contributed by atoms with van der Waals surface area (Å²) in [6.07, 6.45) is 6.62. The average molecular weight is 165 g/mol. The summed E-state index contributed by atoms with van der Waals surface area (Å²) < 4.78 is 1.89. The van der Waals surface area contributed by atoms with Crippen molar-refractivity contribution in [2.24, 2.45) is 5.73 Å². The Balaban J connectivity index is 2.58. The summed E-state index contributed by atoms with van der Waals surface area (Å²) in [6.45, 7) is 6.49. The number of rotatable bonds is 4. The number of allylic oxidation sites excluding steroid dienone is 1. The van der Waals surface area contributed by atoms with E-state index < -0.39 is 0 Å². The van der Waals surface area contributed by atoms with Gasteiger partial charge in [0.25, 0.3) is 0 Å². The van der Waals surface area contributed by atoms with E-state index in [2.05, 4.69) is 11.7 Å². The van der Waals surface area contributed by atoms with Crippen LogP contribution in [0.15, 0.2) is 25.0 Å². The van der Waals surface area contributed by atoms with E-state index in [0.717, 1.165) is 18.5 Å². The van der Waals surface area contributed by atoms with E-state index >= 15 is 0 Å². The highest BCUT2D eigenvalue weighted by Crippen LogP contribution is 2.07. The number of nitrogens with two attached hydrogens (primary N) is 1. The average Bonchev–Trinajstić information content (AvgIpc) is 2.48. The minimum Gasteiger partial charge on any atom is -0.324 e. The van der Waals surface area contributed by atoms with Crippen LogP contribution in [0.3, 0.4) is 0 Å². The molecule has 0 aromatic carbocycles. The first kappa shape index (κ1) is 9.00. The Kier molecular flexibility index (Phi) is 3.05. The zero-order valence-corrected chi connectivity index (χ0v) is 7.40. The monoisotopic (exact) mass is 165 g/mol. The minimum absolute atomic E-state index is 0.0717. The Morgan fingerprint density at radius 3 is 3.08 bits per heavy atom. The summed E-state index contributed by atoms with van der Waals surface area (Å²) in [5, 5.41) is 4.16. The van der Waals surface area contributed by atoms with Gasteiger partial charge in [-0.15, -0.1) is 6.58 Å². The van der Waals surface area contributed by atoms with Gasteiger partial charge in [0.05, 0.1) is 6.20 Å². The number of aromatic nitrogens is 2. The molecule has 1 heterocycles. The highest BCUT2D eigenvalue weighted by atomic mass is 15.3. The second kappa shape index (κ2) is 4.07. The van der Waals surface area contributed by atoms with Gasteiger partial charge in [-0.05, 0) is 13.3 Å². The van der Waals surface area contributed by atoms with Crippen LogP contribution < -0.4 is 5.73 Å². The lowest BCUT2D eigenvalue weighted by Gasteiger charge is -1.98. The van der Waals surface area contributed by atoms with Gasteiger partial charge in [0.2, 0.25) is 0 Å². The third kappa shape index (κ3) is 2.20. The normalized spacial score (nSPS) is 12.8. The van der Waals surface area contributed by atoms with Gasteiger partial charge in [-0.3, -0.25) is 4.68 Å². The van der Waals surface area contributed by atoms with Crippen LogP contribution in [0.2, 0.25) is 0 Å². The second-order valence-electron chi connectivity index (χ2n) is 2.90. The Morgan fingerprint density at radius 1 is 1.83 bits per heavy atom. The van der Waals surface area contributed by atoms with Gasteiger partial charge in [0, 0.05) is 24.3 Å². The number of nitrogens with zero attached hydrogens (tertiary/aromatic N) is 2. The highest BCUT2D eigenvalue weighted by molar-refractivity contribution is 5.08. The second-order valence-corrected chi connectivity index (χ2v) is 2.90. The summed E-state index contributed by atoms with van der Waals surface area (Å²) in [5.41, 5.74) is 6.76. The van der Waals surface area contributed by atoms with Gasteiger partial charge in [-0.2, -0.15) is 5.10 Å². The fourth-order valence-electron chi connectivity index (χ4n) is 0.961. The zero-order valence-electron chi connectivity index (χ0n) is 7.40. The topological polar surface area (TPSA) is 43.8 Å². The molecule has 0 aliphatic heterocycles. The molecule has 1 atom stereocenters. The highest BCUT2D eigenvalue weighted by Gasteiger charge is 2.01. The van der Waals surface area contributed by atoms with Gasteiger partial charge in [0.15, 0.2) is 0 Å². The van der Waals surface area contributed by atoms with Gasteiger partial charge in [0.1, 0.15) is 0 Å². The molecule has 1 unspecified atom stereocenters. The van der Waals surface area contributed by atoms with E-state index in [9.17, 15) is 0 Å². The third-order valence-electron chi connectivity index (χ3n) is 1.74. The SMILES string of the molecule is C=CCCn1cc(C(C)N)cn1. The van der Waals surface area contributed by atoms with E-state index in [0.29, 0.717) is 0 Å². The molecule has 0 spiro atoms. The fraction of sp³-hybridized carbons (Fsp3) is 0.444. The molecule has 0 amide bonds. The Labute approximate surface area is 72.9 Å². The first-order chi connectivity index (χ1) is 5.74. The summed E-state index contributed by atoms with van der Waals surface area (Å²) >= 11 is 0. The molecular weight excluding hydrogens is 150 g/mol. The first-order valence-corrected chi connectivity index (χ1v) is 4.13. The van der Waals surface area contributed by atoms with E-state index in [4.69, 9.17) is 5.73 Å². The summed E-state index contributed by atoms with van der Waals surface area (Å²) in [4.78, 5) is 0. The van der Waals surface area contributed by atoms with Crippen molar-refractivity contribution in [2.45, 2.75) is 25.9 Å². The molecule has 0 fully saturated rings. The Hall–Kier alpha value is -1.09. The van der Waals surface area contributed by atoms with Crippen LogP contribution >= 0.6 is 0 Å². The van der Waals surface area contributed by atoms with Crippen LogP contribution in [0.4, 0.5) is 0 Å². The van der Waals surface area contributed by atoms with E-state index in [1.165, 1.54) is 0 Å². The molecule has 0 bridgehead atoms. The largest absolute Gasteiger partial charge is 0.324 e. The quantitative estimate of drug-likeness (QED) is 0.687. The maximum absolute atomic E-state index is 5.68. The molecule has 0 saturated heterocycles. The number of aryl methyl sites for hydroxylation is 1. The molecule has 0 aliphatic carbocycles. The number of hydrogen-bond donors (Lipinski definition) is 1. The van der Waals surface area contributed by atoms with Gasteiger partial charge < -0.3 is 5.73 Å². The van der Waals surface area contributed by atoms with Crippen molar-refractivity contribution in [3.05, 3.63) is 30.6 Å². The predicted molar refractivity (Wildman–Crippen MR) is 49.6 cm³/mol. The maximum Gasteiger partial charge on any atom is 0.0537 e. The molecule has 66 valence electrons. The van der Waals surface area contributed by atoms with Crippen molar-refractivity contribution in [3.63, 3.8) is 0 Å². The molecule has 0 saturated carbocycles. The molecule has 3 nitrogen and oxygen atoms in total. The lowest BCUT2D eigenvalue weighted by Crippen LogP contribution is -2.03. The standard InChI is InChI=1S/C9H15N3/c1-3-4-5-12-7-9(6-11-12)8(2)10/h3,6-8H,1,4-5,10H2,2H3. The molecule has 3 heteroatoms. The van der Waals surface area contributed by atoms with Gasteiger partial charge in [-0.25, -0.2) is 0 Å². The lowest BCUT2D eigenvalue weighted by atomic mass is 10.2. The van der Waals surface area contributed by atoms with E-state index in [1.807, 2.05) is 30.1 Å². The molecule has 1 aromatic heterocycles. The fourth-order valence-corrected chi connectivity index (χ4v) is 0.961. The smallest absolute Gasteiger partial charge is 0.0537 e. The predicted octanol–water partition coefficient (Wildman–Crippen LogP) is 1.48. The van der Waals surface area contributed by atoms with Crippen molar-refractivity contribution in [3.8, 4) is 0 Å². The lowest BCUT2D eigenvalue weighted by molar-refractivity contribution is 0.622. The maximum atomic E-state index is 5.68. The van der Waals surface area contributed by atoms with Gasteiger partial charge >= 0.3 is 0 Å². The van der Waals surface area contributed by atoms with Gasteiger partial charge in [-0.1, -0.05) is 6.08 Å². The van der Waals surface area contributed by atoms with Crippen LogP contribution in [-0.4, -0.2) is 9.78 Å². The molecular formula is C9H15N3. The van der Waals surface area contributed by atoms with Crippen LogP contribution in [0, 0.1) is 0 Å². The molecule has 1 rings (SSSR count). The summed E-state index contributed by atoms with van der Waals surface area (Å²) in [7, 11) is 0. The van der Waals surface area contributed by atoms with Crippen molar-refractivity contribution in [2.75, 3.05) is 0 Å². The van der Waals surface area contributed by atoms with Crippen LogP contribution in [-0.2, 0) is 6.54 Å². The Bertz CT molecular complexity index is 250. The molecule has 12 heavy (non-hydrogen) atoms. The third-order valence-corrected chi connectivity index (χ3v) is 1.74. The summed E-state index contributed by atoms with van der Waals surface area (Å²) in [5.74, 6) is 0. The molecule has 0 aliphatic rings. The van der Waals surface area contributed by atoms with Crippen molar-refractivity contribution >= 4 is 0 Å². The van der Waals surface area contributed by atoms with Crippen LogP contribution in [0.5, 0.6) is 0 Å². The van der Waals surface area contributed by atoms with E-state index in [-0.39, 0.29) is 6.04 Å². The van der Waals surface area contributed by atoms with Crippen molar-refractivity contribution in [1.29, 1.82) is 0 Å². The zero-order chi connectivity index (χ0) is 8.97. The van der Waals surface area contributed by atoms with Crippen molar-refractivity contribution in [1.82, 2.24) is 9.78 Å². The Morgan fingerprint density at radius 2 is 2.58 bits per heavy atom. The first-order valence-electron chi connectivity index (χ1n) is 4.13. The molecule has 0 radical (unpaired) electrons.